The summed E-state index contributed by atoms with van der Waals surface area (Å²) in [5.41, 5.74) is 8.91. The monoisotopic (exact) mass is 367 g/mol. The zero-order chi connectivity index (χ0) is 18.1. The second-order valence-corrected chi connectivity index (χ2v) is 6.86. The van der Waals surface area contributed by atoms with E-state index in [2.05, 4.69) is 11.1 Å². The largest absolute Gasteiger partial charge is 0.439 e. The molecule has 26 heavy (non-hydrogen) atoms. The zero-order valence-corrected chi connectivity index (χ0v) is 14.8. The first-order chi connectivity index (χ1) is 12.6. The van der Waals surface area contributed by atoms with Crippen LogP contribution in [0.2, 0.25) is 5.02 Å². The smallest absolute Gasteiger partial charge is 0.235 e. The second kappa shape index (κ2) is 6.94. The molecule has 2 aromatic carbocycles. The first-order valence-corrected chi connectivity index (χ1v) is 8.79. The van der Waals surface area contributed by atoms with Crippen molar-refractivity contribution in [2.45, 2.75) is 25.6 Å². The number of nitrogens with zero attached hydrogens (tertiary/aromatic N) is 2. The zero-order valence-electron chi connectivity index (χ0n) is 14.1. The highest BCUT2D eigenvalue weighted by Crippen LogP contribution is 2.27. The number of fused-ring (bicyclic) bond motifs is 1. The Bertz CT molecular complexity index is 936. The minimum absolute atomic E-state index is 0.330. The quantitative estimate of drug-likeness (QED) is 0.767. The maximum atomic E-state index is 11.9. The van der Waals surface area contributed by atoms with Crippen LogP contribution in [0.25, 0.3) is 11.3 Å². The molecule has 0 fully saturated rings. The van der Waals surface area contributed by atoms with Crippen molar-refractivity contribution < 1.29 is 9.21 Å². The Balaban J connectivity index is 1.56. The molecule has 1 atom stereocenters. The SMILES string of the molecule is NC(=O)[C@H]1Cc2ccccc2CN1Cc1ncc(-c2ccc(Cl)cc2)o1. The maximum Gasteiger partial charge on any atom is 0.235 e. The molecule has 132 valence electrons. The number of halogens is 1. The van der Waals surface area contributed by atoms with Gasteiger partial charge >= 0.3 is 0 Å². The Morgan fingerprint density at radius 2 is 1.92 bits per heavy atom. The van der Waals surface area contributed by atoms with Crippen LogP contribution in [0.5, 0.6) is 0 Å². The lowest BCUT2D eigenvalue weighted by atomic mass is 9.93. The van der Waals surface area contributed by atoms with Crippen LogP contribution in [0.3, 0.4) is 0 Å². The molecule has 1 aromatic heterocycles. The van der Waals surface area contributed by atoms with Crippen LogP contribution in [-0.4, -0.2) is 21.8 Å². The topological polar surface area (TPSA) is 72.4 Å². The van der Waals surface area contributed by atoms with E-state index in [0.717, 1.165) is 5.56 Å². The van der Waals surface area contributed by atoms with Crippen molar-refractivity contribution in [3.8, 4) is 11.3 Å². The Morgan fingerprint density at radius 3 is 2.65 bits per heavy atom. The summed E-state index contributed by atoms with van der Waals surface area (Å²) < 4.78 is 5.88. The molecule has 2 heterocycles. The summed E-state index contributed by atoms with van der Waals surface area (Å²) in [7, 11) is 0. The minimum Gasteiger partial charge on any atom is -0.439 e. The van der Waals surface area contributed by atoms with E-state index in [-0.39, 0.29) is 11.9 Å². The lowest BCUT2D eigenvalue weighted by molar-refractivity contribution is -0.124. The van der Waals surface area contributed by atoms with Gasteiger partial charge in [0.05, 0.1) is 18.8 Å². The third kappa shape index (κ3) is 3.36. The van der Waals surface area contributed by atoms with Crippen molar-refractivity contribution in [2.24, 2.45) is 5.73 Å². The number of benzene rings is 2. The van der Waals surface area contributed by atoms with E-state index in [1.54, 1.807) is 6.20 Å². The number of amides is 1. The molecule has 0 saturated heterocycles. The lowest BCUT2D eigenvalue weighted by Crippen LogP contribution is -2.48. The number of hydrogen-bond donors (Lipinski definition) is 1. The fourth-order valence-electron chi connectivity index (χ4n) is 3.33. The molecule has 1 aliphatic heterocycles. The van der Waals surface area contributed by atoms with Gasteiger partial charge in [0.25, 0.3) is 0 Å². The Morgan fingerprint density at radius 1 is 1.19 bits per heavy atom. The van der Waals surface area contributed by atoms with E-state index in [9.17, 15) is 4.79 Å². The molecule has 0 aliphatic carbocycles. The molecule has 5 nitrogen and oxygen atoms in total. The molecule has 0 bridgehead atoms. The summed E-state index contributed by atoms with van der Waals surface area (Å²) in [6.07, 6.45) is 2.30. The van der Waals surface area contributed by atoms with E-state index in [1.807, 2.05) is 47.4 Å². The van der Waals surface area contributed by atoms with Crippen LogP contribution in [0.4, 0.5) is 0 Å². The predicted molar refractivity (Wildman–Crippen MR) is 99.3 cm³/mol. The highest BCUT2D eigenvalue weighted by Gasteiger charge is 2.30. The van der Waals surface area contributed by atoms with E-state index < -0.39 is 0 Å². The van der Waals surface area contributed by atoms with Crippen LogP contribution in [0.15, 0.2) is 59.1 Å². The van der Waals surface area contributed by atoms with Gasteiger partial charge < -0.3 is 10.2 Å². The third-order valence-electron chi connectivity index (χ3n) is 4.69. The highest BCUT2D eigenvalue weighted by atomic mass is 35.5. The van der Waals surface area contributed by atoms with E-state index in [4.69, 9.17) is 21.8 Å². The number of hydrogen-bond acceptors (Lipinski definition) is 4. The minimum atomic E-state index is -0.365. The number of oxazole rings is 1. The summed E-state index contributed by atoms with van der Waals surface area (Å²) in [5, 5.41) is 0.671. The number of carbonyl (C=O) groups is 1. The molecule has 0 unspecified atom stereocenters. The van der Waals surface area contributed by atoms with Crippen molar-refractivity contribution in [3.63, 3.8) is 0 Å². The molecule has 4 rings (SSSR count). The predicted octanol–water partition coefficient (Wildman–Crippen LogP) is 3.41. The molecule has 0 spiro atoms. The summed E-state index contributed by atoms with van der Waals surface area (Å²) in [4.78, 5) is 18.3. The molecule has 0 radical (unpaired) electrons. The molecular weight excluding hydrogens is 350 g/mol. The molecule has 1 aliphatic rings. The van der Waals surface area contributed by atoms with Gasteiger partial charge in [-0.1, -0.05) is 35.9 Å². The average molecular weight is 368 g/mol. The molecule has 2 N–H and O–H groups in total. The van der Waals surface area contributed by atoms with Crippen LogP contribution >= 0.6 is 11.6 Å². The lowest BCUT2D eigenvalue weighted by Gasteiger charge is -2.34. The van der Waals surface area contributed by atoms with E-state index in [0.29, 0.717) is 36.2 Å². The highest BCUT2D eigenvalue weighted by molar-refractivity contribution is 6.30. The first kappa shape index (κ1) is 16.8. The van der Waals surface area contributed by atoms with Gasteiger partial charge in [-0.05, 0) is 41.8 Å². The van der Waals surface area contributed by atoms with Crippen LogP contribution in [0, 0.1) is 0 Å². The first-order valence-electron chi connectivity index (χ1n) is 8.41. The van der Waals surface area contributed by atoms with Gasteiger partial charge in [0, 0.05) is 17.1 Å². The van der Waals surface area contributed by atoms with Gasteiger partial charge in [0.15, 0.2) is 5.76 Å². The Kier molecular flexibility index (Phi) is 4.49. The van der Waals surface area contributed by atoms with Gasteiger partial charge in [-0.25, -0.2) is 4.98 Å². The maximum absolute atomic E-state index is 11.9. The Labute approximate surface area is 156 Å². The van der Waals surface area contributed by atoms with Crippen LogP contribution in [-0.2, 0) is 24.3 Å². The second-order valence-electron chi connectivity index (χ2n) is 6.42. The van der Waals surface area contributed by atoms with E-state index in [1.165, 1.54) is 11.1 Å². The fourth-order valence-corrected chi connectivity index (χ4v) is 3.45. The van der Waals surface area contributed by atoms with Crippen molar-refractivity contribution in [1.82, 2.24) is 9.88 Å². The number of primary amides is 1. The van der Waals surface area contributed by atoms with Crippen molar-refractivity contribution in [2.75, 3.05) is 0 Å². The summed E-state index contributed by atoms with van der Waals surface area (Å²) >= 11 is 5.92. The molecular formula is C20H18ClN3O2. The average Bonchev–Trinajstić information content (AvgIpc) is 3.10. The van der Waals surface area contributed by atoms with Crippen LogP contribution in [0.1, 0.15) is 17.0 Å². The van der Waals surface area contributed by atoms with Gasteiger partial charge in [0.2, 0.25) is 11.8 Å². The van der Waals surface area contributed by atoms with Crippen molar-refractivity contribution in [1.29, 1.82) is 0 Å². The Hall–Kier alpha value is -2.63. The van der Waals surface area contributed by atoms with Crippen LogP contribution < -0.4 is 5.73 Å². The van der Waals surface area contributed by atoms with Gasteiger partial charge in [0.1, 0.15) is 0 Å². The van der Waals surface area contributed by atoms with Crippen molar-refractivity contribution in [3.05, 3.63) is 76.8 Å². The van der Waals surface area contributed by atoms with Gasteiger partial charge in [-0.3, -0.25) is 9.69 Å². The number of rotatable bonds is 4. The number of aromatic nitrogens is 1. The van der Waals surface area contributed by atoms with Gasteiger partial charge in [-0.2, -0.15) is 0 Å². The summed E-state index contributed by atoms with van der Waals surface area (Å²) in [6, 6.07) is 15.1. The number of carbonyl (C=O) groups excluding carboxylic acids is 1. The summed E-state index contributed by atoms with van der Waals surface area (Å²) in [6.45, 7) is 1.07. The fraction of sp³-hybridized carbons (Fsp3) is 0.200. The molecule has 3 aromatic rings. The van der Waals surface area contributed by atoms with Crippen molar-refractivity contribution >= 4 is 17.5 Å². The van der Waals surface area contributed by atoms with Gasteiger partial charge in [-0.15, -0.1) is 0 Å². The molecule has 6 heteroatoms. The van der Waals surface area contributed by atoms with E-state index >= 15 is 0 Å². The number of nitrogens with two attached hydrogens (primary N) is 1. The normalized spacial score (nSPS) is 17.0. The third-order valence-corrected chi connectivity index (χ3v) is 4.95. The standard InChI is InChI=1S/C20H18ClN3O2/c21-16-7-5-13(6-8-16)18-10-23-19(26-18)12-24-11-15-4-2-1-3-14(15)9-17(24)20(22)25/h1-8,10,17H,9,11-12H2,(H2,22,25)/t17-/m1/s1. The molecule has 1 amide bonds. The summed E-state index contributed by atoms with van der Waals surface area (Å²) in [5.74, 6) is 0.897. The molecule has 0 saturated carbocycles.